The van der Waals surface area contributed by atoms with Crippen molar-refractivity contribution in [2.75, 3.05) is 6.54 Å². The van der Waals surface area contributed by atoms with Crippen LogP contribution in [-0.4, -0.2) is 6.54 Å². The second kappa shape index (κ2) is 1.87. The maximum Gasteiger partial charge on any atom is 0.0663 e. The monoisotopic (exact) mass is 96.1 g/mol. The van der Waals surface area contributed by atoms with E-state index in [1.807, 2.05) is 6.08 Å². The molecular weight excluding hydrogens is 88.1 g/mol. The molecule has 1 rings (SSSR count). The van der Waals surface area contributed by atoms with Crippen LogP contribution in [0.15, 0.2) is 22.5 Å². The first kappa shape index (κ1) is 4.50. The fourth-order valence-corrected chi connectivity index (χ4v) is 0.469. The quantitative estimate of drug-likeness (QED) is 0.437. The third-order valence-electron chi connectivity index (χ3n) is 0.933. The van der Waals surface area contributed by atoms with Crippen molar-refractivity contribution < 1.29 is 0 Å². The van der Waals surface area contributed by atoms with Crippen molar-refractivity contribution in [2.24, 2.45) is 16.1 Å². The van der Waals surface area contributed by atoms with E-state index in [-0.39, 0.29) is 0 Å². The van der Waals surface area contributed by atoms with Gasteiger partial charge in [-0.15, -0.1) is 0 Å². The molecule has 0 aromatic heterocycles. The average Bonchev–Trinajstić information content (AvgIpc) is 1.69. The van der Waals surface area contributed by atoms with Crippen molar-refractivity contribution >= 4 is 0 Å². The highest BCUT2D eigenvalue weighted by molar-refractivity contribution is 4.87. The minimum Gasteiger partial charge on any atom is -0.189 e. The first-order chi connectivity index (χ1) is 3.39. The van der Waals surface area contributed by atoms with Gasteiger partial charge in [-0.3, -0.25) is 0 Å². The maximum absolute atomic E-state index is 3.80. The summed E-state index contributed by atoms with van der Waals surface area (Å²) in [6.45, 7) is 2.98. The molecule has 0 saturated carbocycles. The van der Waals surface area contributed by atoms with E-state index in [9.17, 15) is 0 Å². The Balaban J connectivity index is 2.49. The van der Waals surface area contributed by atoms with Crippen LogP contribution < -0.4 is 0 Å². The fraction of sp³-hybridized carbons (Fsp3) is 0.600. The number of azo groups is 1. The zero-order valence-electron chi connectivity index (χ0n) is 4.33. The van der Waals surface area contributed by atoms with Gasteiger partial charge in [-0.1, -0.05) is 13.0 Å². The van der Waals surface area contributed by atoms with Crippen LogP contribution in [0.1, 0.15) is 6.92 Å². The Labute approximate surface area is 43.0 Å². The molecule has 2 nitrogen and oxygen atoms in total. The molecule has 0 aromatic carbocycles. The van der Waals surface area contributed by atoms with Crippen LogP contribution in [0.5, 0.6) is 0 Å². The minimum atomic E-state index is 0.595. The summed E-state index contributed by atoms with van der Waals surface area (Å²) in [7, 11) is 0. The second-order valence-corrected chi connectivity index (χ2v) is 1.76. The fourth-order valence-electron chi connectivity index (χ4n) is 0.469. The second-order valence-electron chi connectivity index (χ2n) is 1.76. The van der Waals surface area contributed by atoms with Crippen molar-refractivity contribution in [3.63, 3.8) is 0 Å². The molecule has 0 aromatic rings. The van der Waals surface area contributed by atoms with Crippen LogP contribution >= 0.6 is 0 Å². The molecule has 1 atom stereocenters. The lowest BCUT2D eigenvalue weighted by Crippen LogP contribution is -1.95. The van der Waals surface area contributed by atoms with Crippen molar-refractivity contribution in [1.82, 2.24) is 0 Å². The molecule has 0 N–H and O–H groups in total. The summed E-state index contributed by atoms with van der Waals surface area (Å²) in [6, 6.07) is 0. The molecule has 0 spiro atoms. The highest BCUT2D eigenvalue weighted by Crippen LogP contribution is 2.02. The zero-order valence-corrected chi connectivity index (χ0v) is 4.33. The summed E-state index contributed by atoms with van der Waals surface area (Å²) >= 11 is 0. The predicted molar refractivity (Wildman–Crippen MR) is 28.0 cm³/mol. The summed E-state index contributed by atoms with van der Waals surface area (Å²) in [5, 5.41) is 7.47. The Morgan fingerprint density at radius 3 is 2.86 bits per heavy atom. The topological polar surface area (TPSA) is 24.7 Å². The summed E-state index contributed by atoms with van der Waals surface area (Å²) < 4.78 is 0. The van der Waals surface area contributed by atoms with Crippen LogP contribution in [0.2, 0.25) is 0 Å². The summed E-state index contributed by atoms with van der Waals surface area (Å²) in [4.78, 5) is 0. The molecule has 1 aliphatic rings. The minimum absolute atomic E-state index is 0.595. The van der Waals surface area contributed by atoms with Gasteiger partial charge in [0.1, 0.15) is 0 Å². The van der Waals surface area contributed by atoms with Crippen molar-refractivity contribution in [2.45, 2.75) is 6.92 Å². The SMILES string of the molecule is C[C@@H]1C=CN=NC1. The lowest BCUT2D eigenvalue weighted by Gasteiger charge is -2.00. The number of hydrogen-bond donors (Lipinski definition) is 0. The first-order valence-electron chi connectivity index (χ1n) is 2.43. The van der Waals surface area contributed by atoms with Crippen LogP contribution in [0.3, 0.4) is 0 Å². The molecule has 0 bridgehead atoms. The van der Waals surface area contributed by atoms with Gasteiger partial charge in [-0.05, 0) is 5.92 Å². The highest BCUT2D eigenvalue weighted by atomic mass is 15.1. The molecular formula is C5H8N2. The first-order valence-corrected chi connectivity index (χ1v) is 2.43. The van der Waals surface area contributed by atoms with Crippen LogP contribution in [0, 0.1) is 5.92 Å². The molecule has 0 fully saturated rings. The molecule has 0 amide bonds. The van der Waals surface area contributed by atoms with Crippen molar-refractivity contribution in [3.8, 4) is 0 Å². The Bertz CT molecular complexity index is 105. The molecule has 2 heteroatoms. The maximum atomic E-state index is 3.80. The van der Waals surface area contributed by atoms with E-state index in [4.69, 9.17) is 0 Å². The molecule has 7 heavy (non-hydrogen) atoms. The van der Waals surface area contributed by atoms with Gasteiger partial charge >= 0.3 is 0 Å². The van der Waals surface area contributed by atoms with E-state index in [0.717, 1.165) is 6.54 Å². The van der Waals surface area contributed by atoms with Crippen LogP contribution in [-0.2, 0) is 0 Å². The number of nitrogens with zero attached hydrogens (tertiary/aromatic N) is 2. The van der Waals surface area contributed by atoms with Gasteiger partial charge in [0.2, 0.25) is 0 Å². The smallest absolute Gasteiger partial charge is 0.0663 e. The van der Waals surface area contributed by atoms with Gasteiger partial charge in [0.15, 0.2) is 0 Å². The number of hydrogen-bond acceptors (Lipinski definition) is 2. The zero-order chi connectivity index (χ0) is 5.11. The largest absolute Gasteiger partial charge is 0.189 e. The lowest BCUT2D eigenvalue weighted by molar-refractivity contribution is 0.691. The van der Waals surface area contributed by atoms with E-state index >= 15 is 0 Å². The standard InChI is InChI=1S/C5H8N2/c1-5-2-3-6-7-4-5/h2-3,5H,4H2,1H3/t5-/m1/s1. The molecule has 0 unspecified atom stereocenters. The normalized spacial score (nSPS) is 28.4. The Kier molecular flexibility index (Phi) is 1.20. The molecule has 0 radical (unpaired) electrons. The Morgan fingerprint density at radius 1 is 1.71 bits per heavy atom. The van der Waals surface area contributed by atoms with Gasteiger partial charge in [-0.2, -0.15) is 10.2 Å². The third kappa shape index (κ3) is 1.11. The summed E-state index contributed by atoms with van der Waals surface area (Å²) in [5.74, 6) is 0.595. The van der Waals surface area contributed by atoms with Gasteiger partial charge in [-0.25, -0.2) is 0 Å². The molecule has 1 aliphatic heterocycles. The van der Waals surface area contributed by atoms with E-state index in [1.54, 1.807) is 6.20 Å². The number of rotatable bonds is 0. The highest BCUT2D eigenvalue weighted by Gasteiger charge is 1.95. The van der Waals surface area contributed by atoms with Gasteiger partial charge < -0.3 is 0 Å². The van der Waals surface area contributed by atoms with E-state index in [2.05, 4.69) is 17.2 Å². The van der Waals surface area contributed by atoms with Gasteiger partial charge in [0.25, 0.3) is 0 Å². The van der Waals surface area contributed by atoms with Gasteiger partial charge in [0, 0.05) is 6.20 Å². The Morgan fingerprint density at radius 2 is 2.57 bits per heavy atom. The molecule has 1 heterocycles. The van der Waals surface area contributed by atoms with E-state index < -0.39 is 0 Å². The van der Waals surface area contributed by atoms with Crippen molar-refractivity contribution in [1.29, 1.82) is 0 Å². The van der Waals surface area contributed by atoms with Crippen LogP contribution in [0.4, 0.5) is 0 Å². The Hall–Kier alpha value is -0.660. The van der Waals surface area contributed by atoms with E-state index in [1.165, 1.54) is 0 Å². The molecule has 38 valence electrons. The van der Waals surface area contributed by atoms with E-state index in [0.29, 0.717) is 5.92 Å². The third-order valence-corrected chi connectivity index (χ3v) is 0.933. The lowest BCUT2D eigenvalue weighted by atomic mass is 10.2. The molecule has 0 saturated heterocycles. The van der Waals surface area contributed by atoms with Gasteiger partial charge in [0.05, 0.1) is 6.54 Å². The predicted octanol–water partition coefficient (Wildman–Crippen LogP) is 1.60. The summed E-state index contributed by atoms with van der Waals surface area (Å²) in [6.07, 6.45) is 3.79. The van der Waals surface area contributed by atoms with Crippen LogP contribution in [0.25, 0.3) is 0 Å². The average molecular weight is 96.1 g/mol. The summed E-state index contributed by atoms with van der Waals surface area (Å²) in [5.41, 5.74) is 0. The molecule has 0 aliphatic carbocycles. The van der Waals surface area contributed by atoms with Crippen molar-refractivity contribution in [3.05, 3.63) is 12.3 Å².